The van der Waals surface area contributed by atoms with Gasteiger partial charge in [0.1, 0.15) is 5.82 Å². The predicted octanol–water partition coefficient (Wildman–Crippen LogP) is 3.61. The van der Waals surface area contributed by atoms with Crippen molar-refractivity contribution in [2.24, 2.45) is 0 Å². The topological polar surface area (TPSA) is 131 Å². The number of hydrogen-bond acceptors (Lipinski definition) is 6. The molecule has 0 amide bonds. The molecule has 28 heavy (non-hydrogen) atoms. The lowest BCUT2D eigenvalue weighted by molar-refractivity contribution is -0.385. The molecule has 1 heterocycles. The minimum Gasteiger partial charge on any atom is -0.279 e. The van der Waals surface area contributed by atoms with E-state index in [1.807, 2.05) is 13.8 Å². The molecule has 0 saturated carbocycles. The predicted molar refractivity (Wildman–Crippen MR) is 105 cm³/mol. The minimum absolute atomic E-state index is 0.137. The molecular formula is C18H19N5O4S. The standard InChI is InChI=1S/C18H19N5O4S/c1-11(2)17-19-18(21-20-17)14-6-4-5-7-15(14)22-28(26,27)16-10-13(23(24)25)9-8-12(16)3/h4-11,22H,1-3H3,(H,19,20,21). The Morgan fingerprint density at radius 2 is 1.89 bits per heavy atom. The summed E-state index contributed by atoms with van der Waals surface area (Å²) in [6.45, 7) is 5.50. The zero-order chi connectivity index (χ0) is 20.5. The number of aromatic amines is 1. The van der Waals surface area contributed by atoms with Crippen molar-refractivity contribution in [3.8, 4) is 11.4 Å². The molecule has 2 aromatic carbocycles. The zero-order valence-electron chi connectivity index (χ0n) is 15.5. The van der Waals surface area contributed by atoms with E-state index < -0.39 is 14.9 Å². The van der Waals surface area contributed by atoms with Crippen LogP contribution in [-0.2, 0) is 10.0 Å². The second-order valence-electron chi connectivity index (χ2n) is 6.56. The summed E-state index contributed by atoms with van der Waals surface area (Å²) in [5, 5.41) is 18.0. The number of aryl methyl sites for hydroxylation is 1. The summed E-state index contributed by atoms with van der Waals surface area (Å²) in [4.78, 5) is 14.6. The lowest BCUT2D eigenvalue weighted by Gasteiger charge is -2.12. The summed E-state index contributed by atoms with van der Waals surface area (Å²) in [5.74, 6) is 1.18. The number of nitro benzene ring substituents is 1. The first kappa shape index (κ1) is 19.5. The summed E-state index contributed by atoms with van der Waals surface area (Å²) < 4.78 is 28.3. The maximum atomic E-state index is 12.9. The van der Waals surface area contributed by atoms with Gasteiger partial charge in [-0.3, -0.25) is 19.9 Å². The molecule has 1 aromatic heterocycles. The Morgan fingerprint density at radius 1 is 1.18 bits per heavy atom. The summed E-state index contributed by atoms with van der Waals surface area (Å²) >= 11 is 0. The number of H-pyrrole nitrogens is 1. The molecule has 0 radical (unpaired) electrons. The van der Waals surface area contributed by atoms with Crippen molar-refractivity contribution in [1.82, 2.24) is 15.2 Å². The molecule has 0 aliphatic heterocycles. The normalized spacial score (nSPS) is 11.6. The van der Waals surface area contributed by atoms with Crippen LogP contribution in [0.3, 0.4) is 0 Å². The van der Waals surface area contributed by atoms with Crippen LogP contribution in [0, 0.1) is 17.0 Å². The van der Waals surface area contributed by atoms with Crippen LogP contribution in [0.2, 0.25) is 0 Å². The van der Waals surface area contributed by atoms with Crippen LogP contribution in [0.25, 0.3) is 11.4 Å². The van der Waals surface area contributed by atoms with Crippen LogP contribution in [-0.4, -0.2) is 28.5 Å². The van der Waals surface area contributed by atoms with Crippen LogP contribution < -0.4 is 4.72 Å². The van der Waals surface area contributed by atoms with Crippen molar-refractivity contribution in [3.05, 3.63) is 64.0 Å². The smallest absolute Gasteiger partial charge is 0.270 e. The van der Waals surface area contributed by atoms with Crippen LogP contribution in [0.5, 0.6) is 0 Å². The molecule has 0 bridgehead atoms. The molecule has 9 nitrogen and oxygen atoms in total. The first-order valence-electron chi connectivity index (χ1n) is 8.48. The quantitative estimate of drug-likeness (QED) is 0.479. The Labute approximate surface area is 162 Å². The van der Waals surface area contributed by atoms with Gasteiger partial charge < -0.3 is 0 Å². The Kier molecular flexibility index (Phi) is 5.14. The van der Waals surface area contributed by atoms with Gasteiger partial charge in [0.05, 0.1) is 15.5 Å². The lowest BCUT2D eigenvalue weighted by atomic mass is 10.1. The summed E-state index contributed by atoms with van der Waals surface area (Å²) in [6.07, 6.45) is 0. The third-order valence-corrected chi connectivity index (χ3v) is 5.64. The molecule has 0 fully saturated rings. The van der Waals surface area contributed by atoms with E-state index in [2.05, 4.69) is 19.9 Å². The average molecular weight is 401 g/mol. The average Bonchev–Trinajstić information content (AvgIpc) is 3.12. The number of nitrogens with one attached hydrogen (secondary N) is 2. The molecule has 0 spiro atoms. The molecule has 2 N–H and O–H groups in total. The fourth-order valence-electron chi connectivity index (χ4n) is 2.61. The third-order valence-electron chi connectivity index (χ3n) is 4.13. The first-order chi connectivity index (χ1) is 13.2. The highest BCUT2D eigenvalue weighted by molar-refractivity contribution is 7.92. The molecular weight excluding hydrogens is 382 g/mol. The number of benzene rings is 2. The van der Waals surface area contributed by atoms with Gasteiger partial charge in [-0.15, -0.1) is 0 Å². The van der Waals surface area contributed by atoms with Gasteiger partial charge in [-0.25, -0.2) is 13.4 Å². The van der Waals surface area contributed by atoms with Crippen molar-refractivity contribution in [1.29, 1.82) is 0 Å². The third kappa shape index (κ3) is 3.86. The Morgan fingerprint density at radius 3 is 2.54 bits per heavy atom. The van der Waals surface area contributed by atoms with Crippen molar-refractivity contribution in [2.45, 2.75) is 31.6 Å². The second-order valence-corrected chi connectivity index (χ2v) is 8.21. The number of sulfonamides is 1. The van der Waals surface area contributed by atoms with Gasteiger partial charge in [0.2, 0.25) is 0 Å². The van der Waals surface area contributed by atoms with E-state index in [-0.39, 0.29) is 22.2 Å². The molecule has 0 aliphatic rings. The van der Waals surface area contributed by atoms with Crippen LogP contribution in [0.4, 0.5) is 11.4 Å². The van der Waals surface area contributed by atoms with E-state index in [1.165, 1.54) is 12.1 Å². The van der Waals surface area contributed by atoms with Gasteiger partial charge in [-0.1, -0.05) is 32.0 Å². The SMILES string of the molecule is Cc1ccc([N+](=O)[O-])cc1S(=O)(=O)Nc1ccccc1-c1n[nH]c(C(C)C)n1. The van der Waals surface area contributed by atoms with Gasteiger partial charge in [0.25, 0.3) is 15.7 Å². The largest absolute Gasteiger partial charge is 0.279 e. The van der Waals surface area contributed by atoms with E-state index in [4.69, 9.17) is 0 Å². The number of nitrogens with zero attached hydrogens (tertiary/aromatic N) is 3. The van der Waals surface area contributed by atoms with Gasteiger partial charge in [-0.2, -0.15) is 5.10 Å². The number of para-hydroxylation sites is 1. The van der Waals surface area contributed by atoms with E-state index in [9.17, 15) is 18.5 Å². The molecule has 0 atom stereocenters. The second kappa shape index (κ2) is 7.39. The fraction of sp³-hybridized carbons (Fsp3) is 0.222. The number of hydrogen-bond donors (Lipinski definition) is 2. The Balaban J connectivity index is 2.02. The molecule has 0 saturated heterocycles. The number of aromatic nitrogens is 3. The van der Waals surface area contributed by atoms with E-state index in [0.717, 1.165) is 6.07 Å². The van der Waals surface area contributed by atoms with Crippen molar-refractivity contribution in [2.75, 3.05) is 4.72 Å². The highest BCUT2D eigenvalue weighted by Crippen LogP contribution is 2.29. The number of anilines is 1. The monoisotopic (exact) mass is 401 g/mol. The molecule has 10 heteroatoms. The Hall–Kier alpha value is -3.27. The zero-order valence-corrected chi connectivity index (χ0v) is 16.3. The summed E-state index contributed by atoms with van der Waals surface area (Å²) in [5.41, 5.74) is 0.880. The van der Waals surface area contributed by atoms with Crippen LogP contribution in [0.15, 0.2) is 47.4 Å². The summed E-state index contributed by atoms with van der Waals surface area (Å²) in [6, 6.07) is 10.4. The van der Waals surface area contributed by atoms with Crippen molar-refractivity contribution < 1.29 is 13.3 Å². The minimum atomic E-state index is -4.06. The molecule has 0 aliphatic carbocycles. The van der Waals surface area contributed by atoms with Gasteiger partial charge >= 0.3 is 0 Å². The maximum Gasteiger partial charge on any atom is 0.270 e. The van der Waals surface area contributed by atoms with Crippen LogP contribution >= 0.6 is 0 Å². The first-order valence-corrected chi connectivity index (χ1v) is 9.97. The number of nitro groups is 1. The van der Waals surface area contributed by atoms with E-state index in [0.29, 0.717) is 22.8 Å². The van der Waals surface area contributed by atoms with Gasteiger partial charge in [0.15, 0.2) is 5.82 Å². The highest BCUT2D eigenvalue weighted by Gasteiger charge is 2.22. The van der Waals surface area contributed by atoms with Crippen molar-refractivity contribution >= 4 is 21.4 Å². The van der Waals surface area contributed by atoms with Gasteiger partial charge in [0, 0.05) is 23.6 Å². The van der Waals surface area contributed by atoms with E-state index >= 15 is 0 Å². The molecule has 3 rings (SSSR count). The van der Waals surface area contributed by atoms with Gasteiger partial charge in [-0.05, 0) is 24.6 Å². The molecule has 3 aromatic rings. The number of rotatable bonds is 6. The molecule has 0 unspecified atom stereocenters. The summed E-state index contributed by atoms with van der Waals surface area (Å²) in [7, 11) is -4.06. The van der Waals surface area contributed by atoms with E-state index in [1.54, 1.807) is 31.2 Å². The number of non-ortho nitro benzene ring substituents is 1. The lowest BCUT2D eigenvalue weighted by Crippen LogP contribution is -2.15. The molecule has 146 valence electrons. The highest BCUT2D eigenvalue weighted by atomic mass is 32.2. The Bertz CT molecular complexity index is 1140. The fourth-order valence-corrected chi connectivity index (χ4v) is 3.96. The van der Waals surface area contributed by atoms with Crippen LogP contribution in [0.1, 0.15) is 31.2 Å². The van der Waals surface area contributed by atoms with Crippen molar-refractivity contribution in [3.63, 3.8) is 0 Å². The maximum absolute atomic E-state index is 12.9.